The van der Waals surface area contributed by atoms with Crippen molar-refractivity contribution in [2.24, 2.45) is 11.1 Å². The highest BCUT2D eigenvalue weighted by Gasteiger charge is 2.33. The summed E-state index contributed by atoms with van der Waals surface area (Å²) in [5.74, 6) is -1.21. The van der Waals surface area contributed by atoms with E-state index in [4.69, 9.17) is 14.7 Å². The second-order valence-corrected chi connectivity index (χ2v) is 10.2. The number of pyridine rings is 1. The minimum atomic E-state index is -1.28. The largest absolute Gasteiger partial charge is 0.465 e. The van der Waals surface area contributed by atoms with Crippen molar-refractivity contribution in [1.82, 2.24) is 30.6 Å². The summed E-state index contributed by atoms with van der Waals surface area (Å²) in [5, 5.41) is 25.5. The number of anilines is 1. The number of nitrogens with zero attached hydrogens (tertiary/aromatic N) is 6. The quantitative estimate of drug-likeness (QED) is 0.325. The van der Waals surface area contributed by atoms with Gasteiger partial charge in [-0.25, -0.2) is 18.7 Å². The number of hydrogen-bond acceptors (Lipinski definition) is 9. The molecule has 3 atom stereocenters. The number of amides is 3. The van der Waals surface area contributed by atoms with Gasteiger partial charge in [0.25, 0.3) is 0 Å². The minimum absolute atomic E-state index is 0.137. The number of nitrogens with one attached hydrogen (secondary N) is 2. The molecule has 3 amide bonds. The van der Waals surface area contributed by atoms with Gasteiger partial charge in [0.15, 0.2) is 6.10 Å². The lowest BCUT2D eigenvalue weighted by molar-refractivity contribution is -0.124. The molecule has 3 N–H and O–H groups in total. The first-order valence-electron chi connectivity index (χ1n) is 13.3. The number of rotatable bonds is 10. The Hall–Kier alpha value is -5.08. The Morgan fingerprint density at radius 2 is 2.05 bits per heavy atom. The molecule has 0 bridgehead atoms. The first-order chi connectivity index (χ1) is 20.2. The summed E-state index contributed by atoms with van der Waals surface area (Å²) in [7, 11) is 0. The number of hydrogen-bond donors (Lipinski definition) is 3. The summed E-state index contributed by atoms with van der Waals surface area (Å²) in [6.45, 7) is 4.21. The summed E-state index contributed by atoms with van der Waals surface area (Å²) in [5.41, 5.74) is 2.32. The molecule has 2 aromatic heterocycles. The Balaban J connectivity index is 1.17. The van der Waals surface area contributed by atoms with Crippen LogP contribution in [-0.4, -0.2) is 80.2 Å². The van der Waals surface area contributed by atoms with Gasteiger partial charge < -0.3 is 25.3 Å². The fraction of sp³-hybridized carbons (Fsp3) is 0.370. The standard InChI is InChI=1S/C27H29FN8O6/c1-15(2)24(32-26(38)39)25(37)30-12-18-10-23(33-42-18)22-6-3-16(11-29-22)20-5-4-17(9-21(20)28)36-14-19(41-27(36)40)13-35-8-7-31-34-35/h3-9,11,15,18-19,24,32H,10,12-14H2,1-2H3,(H,30,37)(H,38,39)/t18-,19-,24+/m0/s1. The number of carboxylic acid groups (broad SMARTS) is 1. The van der Waals surface area contributed by atoms with Crippen LogP contribution in [0.25, 0.3) is 11.1 Å². The maximum atomic E-state index is 15.2. The Bertz CT molecular complexity index is 1480. The maximum Gasteiger partial charge on any atom is 0.414 e. The van der Waals surface area contributed by atoms with Crippen LogP contribution in [0, 0.1) is 11.7 Å². The van der Waals surface area contributed by atoms with Crippen LogP contribution in [0.5, 0.6) is 0 Å². The molecule has 5 rings (SSSR count). The molecule has 0 spiro atoms. The van der Waals surface area contributed by atoms with E-state index >= 15 is 4.39 Å². The van der Waals surface area contributed by atoms with Gasteiger partial charge in [-0.3, -0.25) is 14.7 Å². The van der Waals surface area contributed by atoms with E-state index in [0.29, 0.717) is 41.2 Å². The van der Waals surface area contributed by atoms with Gasteiger partial charge in [-0.2, -0.15) is 0 Å². The zero-order valence-electron chi connectivity index (χ0n) is 22.8. The van der Waals surface area contributed by atoms with Crippen LogP contribution >= 0.6 is 0 Å². The molecule has 4 heterocycles. The van der Waals surface area contributed by atoms with Crippen molar-refractivity contribution in [3.05, 3.63) is 60.4 Å². The van der Waals surface area contributed by atoms with E-state index < -0.39 is 42.2 Å². The Morgan fingerprint density at radius 1 is 1.21 bits per heavy atom. The molecule has 1 fully saturated rings. The van der Waals surface area contributed by atoms with Gasteiger partial charge in [-0.15, -0.1) is 5.10 Å². The van der Waals surface area contributed by atoms with Gasteiger partial charge in [0, 0.05) is 29.9 Å². The molecular formula is C27H29FN8O6. The van der Waals surface area contributed by atoms with E-state index in [9.17, 15) is 14.4 Å². The Labute approximate surface area is 239 Å². The van der Waals surface area contributed by atoms with E-state index in [1.807, 2.05) is 0 Å². The van der Waals surface area contributed by atoms with Crippen LogP contribution in [0.1, 0.15) is 26.0 Å². The number of ether oxygens (including phenoxy) is 1. The van der Waals surface area contributed by atoms with Crippen LogP contribution in [-0.2, 0) is 20.9 Å². The van der Waals surface area contributed by atoms with Crippen LogP contribution in [0.15, 0.2) is 54.1 Å². The first-order valence-corrected chi connectivity index (χ1v) is 13.3. The molecular weight excluding hydrogens is 551 g/mol. The third-order valence-corrected chi connectivity index (χ3v) is 6.84. The van der Waals surface area contributed by atoms with Crippen molar-refractivity contribution in [3.63, 3.8) is 0 Å². The van der Waals surface area contributed by atoms with E-state index in [1.54, 1.807) is 49.0 Å². The van der Waals surface area contributed by atoms with Gasteiger partial charge >= 0.3 is 12.2 Å². The topological polar surface area (TPSA) is 173 Å². The highest BCUT2D eigenvalue weighted by atomic mass is 19.1. The van der Waals surface area contributed by atoms with Crippen LogP contribution in [0.4, 0.5) is 19.7 Å². The lowest BCUT2D eigenvalue weighted by atomic mass is 10.0. The predicted molar refractivity (Wildman–Crippen MR) is 146 cm³/mol. The molecule has 220 valence electrons. The lowest BCUT2D eigenvalue weighted by Crippen LogP contribution is -2.50. The fourth-order valence-electron chi connectivity index (χ4n) is 4.68. The molecule has 0 unspecified atom stereocenters. The highest BCUT2D eigenvalue weighted by Crippen LogP contribution is 2.29. The molecule has 2 aliphatic rings. The van der Waals surface area contributed by atoms with E-state index in [-0.39, 0.29) is 19.0 Å². The molecule has 0 aliphatic carbocycles. The maximum absolute atomic E-state index is 15.2. The van der Waals surface area contributed by atoms with Crippen molar-refractivity contribution in [1.29, 1.82) is 0 Å². The number of halogens is 1. The molecule has 0 saturated carbocycles. The smallest absolute Gasteiger partial charge is 0.414 e. The second-order valence-electron chi connectivity index (χ2n) is 10.2. The summed E-state index contributed by atoms with van der Waals surface area (Å²) in [4.78, 5) is 47.0. The summed E-state index contributed by atoms with van der Waals surface area (Å²) >= 11 is 0. The van der Waals surface area contributed by atoms with Crippen molar-refractivity contribution in [3.8, 4) is 11.1 Å². The monoisotopic (exact) mass is 580 g/mol. The highest BCUT2D eigenvalue weighted by molar-refractivity contribution is 6.00. The third kappa shape index (κ3) is 6.45. The Morgan fingerprint density at radius 3 is 2.71 bits per heavy atom. The van der Waals surface area contributed by atoms with Gasteiger partial charge in [0.2, 0.25) is 5.91 Å². The molecule has 0 radical (unpaired) electrons. The number of benzene rings is 1. The van der Waals surface area contributed by atoms with Crippen molar-refractivity contribution in [2.45, 2.75) is 45.1 Å². The molecule has 1 saturated heterocycles. The average molecular weight is 581 g/mol. The van der Waals surface area contributed by atoms with Gasteiger partial charge in [0.1, 0.15) is 23.7 Å². The van der Waals surface area contributed by atoms with Crippen molar-refractivity contribution >= 4 is 29.5 Å². The summed E-state index contributed by atoms with van der Waals surface area (Å²) < 4.78 is 22.1. The zero-order chi connectivity index (χ0) is 29.8. The number of aromatic nitrogens is 4. The number of oxime groups is 1. The SMILES string of the molecule is CC(C)[C@@H](NC(=O)O)C(=O)NC[C@@H]1CC(c2ccc(-c3ccc(N4C[C@H](Cn5ccnn5)OC4=O)cc3F)cn2)=NO1. The van der Waals surface area contributed by atoms with Crippen molar-refractivity contribution < 1.29 is 33.5 Å². The molecule has 42 heavy (non-hydrogen) atoms. The van der Waals surface area contributed by atoms with Gasteiger partial charge in [-0.1, -0.05) is 30.3 Å². The lowest BCUT2D eigenvalue weighted by Gasteiger charge is -2.20. The summed E-state index contributed by atoms with van der Waals surface area (Å²) in [6, 6.07) is 7.03. The predicted octanol–water partition coefficient (Wildman–Crippen LogP) is 2.41. The fourth-order valence-corrected chi connectivity index (χ4v) is 4.68. The normalized spacial score (nSPS) is 18.8. The van der Waals surface area contributed by atoms with Crippen LogP contribution in [0.3, 0.4) is 0 Å². The van der Waals surface area contributed by atoms with Crippen LogP contribution < -0.4 is 15.5 Å². The Kier molecular flexibility index (Phi) is 8.26. The van der Waals surface area contributed by atoms with E-state index in [0.717, 1.165) is 0 Å². The second kappa shape index (κ2) is 12.2. The molecule has 14 nitrogen and oxygen atoms in total. The number of cyclic esters (lactones) is 1. The average Bonchev–Trinajstić information content (AvgIpc) is 3.72. The number of carbonyl (C=O) groups is 3. The molecule has 3 aromatic rings. The van der Waals surface area contributed by atoms with Crippen LogP contribution in [0.2, 0.25) is 0 Å². The first kappa shape index (κ1) is 28.4. The zero-order valence-corrected chi connectivity index (χ0v) is 22.8. The van der Waals surface area contributed by atoms with Gasteiger partial charge in [-0.05, 0) is 30.2 Å². The molecule has 15 heteroatoms. The van der Waals surface area contributed by atoms with Gasteiger partial charge in [0.05, 0.1) is 37.2 Å². The summed E-state index contributed by atoms with van der Waals surface area (Å²) in [6.07, 6.45) is 2.37. The molecule has 2 aliphatic heterocycles. The minimum Gasteiger partial charge on any atom is -0.465 e. The van der Waals surface area contributed by atoms with Crippen molar-refractivity contribution in [2.75, 3.05) is 18.0 Å². The third-order valence-electron chi connectivity index (χ3n) is 6.84. The van der Waals surface area contributed by atoms with E-state index in [1.165, 1.54) is 23.4 Å². The molecule has 1 aromatic carbocycles. The van der Waals surface area contributed by atoms with E-state index in [2.05, 4.69) is 31.1 Å². The number of carbonyl (C=O) groups excluding carboxylic acids is 2.